The summed E-state index contributed by atoms with van der Waals surface area (Å²) in [5.74, 6) is -2.28. The van der Waals surface area contributed by atoms with Gasteiger partial charge in [-0.15, -0.1) is 0 Å². The normalized spacial score (nSPS) is 24.0. The number of hydrogen-bond donors (Lipinski definition) is 3. The molecule has 1 aliphatic heterocycles. The summed E-state index contributed by atoms with van der Waals surface area (Å²) in [5, 5.41) is 14.3. The molecule has 1 unspecified atom stereocenters. The average Bonchev–Trinajstić information content (AvgIpc) is 3.39. The van der Waals surface area contributed by atoms with E-state index < -0.39 is 41.9 Å². The number of carboxylic acid groups (broad SMARTS) is 1. The summed E-state index contributed by atoms with van der Waals surface area (Å²) in [5.41, 5.74) is -0.563. The van der Waals surface area contributed by atoms with Gasteiger partial charge in [-0.25, -0.2) is 9.59 Å². The summed E-state index contributed by atoms with van der Waals surface area (Å²) in [6.07, 6.45) is 1.72. The number of urea groups is 1. The number of carbonyl (C=O) groups is 4. The Bertz CT molecular complexity index is 731. The predicted molar refractivity (Wildman–Crippen MR) is 86.3 cm³/mol. The van der Waals surface area contributed by atoms with Crippen molar-refractivity contribution in [3.8, 4) is 0 Å². The average molecular weight is 345 g/mol. The molecular weight excluding hydrogens is 326 g/mol. The third-order valence-electron chi connectivity index (χ3n) is 4.68. The Morgan fingerprint density at radius 2 is 1.96 bits per heavy atom. The molecule has 132 valence electrons. The highest BCUT2D eigenvalue weighted by Crippen LogP contribution is 2.42. The van der Waals surface area contributed by atoms with E-state index >= 15 is 0 Å². The van der Waals surface area contributed by atoms with E-state index in [0.29, 0.717) is 5.56 Å². The molecule has 0 aromatic heterocycles. The van der Waals surface area contributed by atoms with Crippen LogP contribution in [0.3, 0.4) is 0 Å². The first-order valence-electron chi connectivity index (χ1n) is 8.04. The number of nitrogens with one attached hydrogen (secondary N) is 2. The van der Waals surface area contributed by atoms with E-state index in [4.69, 9.17) is 0 Å². The molecule has 2 fully saturated rings. The highest BCUT2D eigenvalue weighted by atomic mass is 16.4. The van der Waals surface area contributed by atoms with Crippen LogP contribution >= 0.6 is 0 Å². The molecule has 3 rings (SSSR count). The molecule has 3 N–H and O–H groups in total. The van der Waals surface area contributed by atoms with Gasteiger partial charge in [0.05, 0.1) is 0 Å². The fourth-order valence-corrected chi connectivity index (χ4v) is 3.08. The number of imide groups is 1. The largest absolute Gasteiger partial charge is 0.479 e. The maximum Gasteiger partial charge on any atom is 0.330 e. The zero-order valence-corrected chi connectivity index (χ0v) is 13.7. The van der Waals surface area contributed by atoms with Crippen LogP contribution in [0.4, 0.5) is 4.79 Å². The summed E-state index contributed by atoms with van der Waals surface area (Å²) < 4.78 is 0. The maximum atomic E-state index is 12.5. The van der Waals surface area contributed by atoms with Crippen molar-refractivity contribution >= 4 is 23.8 Å². The predicted octanol–water partition coefficient (Wildman–Crippen LogP) is 0.649. The number of aliphatic carboxylic acids is 1. The van der Waals surface area contributed by atoms with E-state index in [0.717, 1.165) is 17.7 Å². The molecule has 1 saturated carbocycles. The number of benzene rings is 1. The van der Waals surface area contributed by atoms with Crippen LogP contribution in [-0.2, 0) is 14.4 Å². The van der Waals surface area contributed by atoms with Crippen LogP contribution in [0.2, 0.25) is 0 Å². The smallest absolute Gasteiger partial charge is 0.330 e. The third-order valence-corrected chi connectivity index (χ3v) is 4.68. The van der Waals surface area contributed by atoms with E-state index in [1.807, 2.05) is 0 Å². The Morgan fingerprint density at radius 1 is 1.32 bits per heavy atom. The summed E-state index contributed by atoms with van der Waals surface area (Å²) >= 11 is 0. The fraction of sp³-hybridized carbons (Fsp3) is 0.412. The first kappa shape index (κ1) is 16.9. The maximum absolute atomic E-state index is 12.5. The molecule has 0 spiro atoms. The molecule has 25 heavy (non-hydrogen) atoms. The standard InChI is InChI=1S/C17H19N3O5/c1-17(11-7-8-11)15(24)20(16(25)19-17)9-12(21)18-13(14(22)23)10-5-3-2-4-6-10/h2-6,11,13H,7-9H2,1H3,(H,18,21)(H,19,25)(H,22,23)/t13-,17?/m0/s1. The minimum atomic E-state index is -1.25. The van der Waals surface area contributed by atoms with Crippen LogP contribution in [0.5, 0.6) is 0 Å². The van der Waals surface area contributed by atoms with Crippen molar-refractivity contribution < 1.29 is 24.3 Å². The highest BCUT2D eigenvalue weighted by Gasteiger charge is 2.56. The van der Waals surface area contributed by atoms with Gasteiger partial charge in [0.1, 0.15) is 12.1 Å². The van der Waals surface area contributed by atoms with Crippen LogP contribution in [0.15, 0.2) is 30.3 Å². The van der Waals surface area contributed by atoms with Crippen molar-refractivity contribution in [1.29, 1.82) is 0 Å². The molecule has 1 aromatic rings. The molecule has 0 bridgehead atoms. The zero-order valence-electron chi connectivity index (χ0n) is 13.7. The lowest BCUT2D eigenvalue weighted by atomic mass is 9.96. The minimum Gasteiger partial charge on any atom is -0.479 e. The number of carbonyl (C=O) groups excluding carboxylic acids is 3. The van der Waals surface area contributed by atoms with Gasteiger partial charge in [-0.3, -0.25) is 14.5 Å². The number of hydrogen-bond acceptors (Lipinski definition) is 4. The highest BCUT2D eigenvalue weighted by molar-refractivity contribution is 6.09. The van der Waals surface area contributed by atoms with E-state index in [2.05, 4.69) is 10.6 Å². The van der Waals surface area contributed by atoms with Gasteiger partial charge >= 0.3 is 12.0 Å². The lowest BCUT2D eigenvalue weighted by molar-refractivity contribution is -0.142. The molecule has 2 atom stereocenters. The van der Waals surface area contributed by atoms with Crippen LogP contribution in [0, 0.1) is 5.92 Å². The molecule has 1 heterocycles. The van der Waals surface area contributed by atoms with Gasteiger partial charge in [0.2, 0.25) is 5.91 Å². The quantitative estimate of drug-likeness (QED) is 0.655. The van der Waals surface area contributed by atoms with Gasteiger partial charge in [0.15, 0.2) is 6.04 Å². The number of amides is 4. The van der Waals surface area contributed by atoms with Crippen molar-refractivity contribution in [2.24, 2.45) is 5.92 Å². The number of rotatable bonds is 6. The van der Waals surface area contributed by atoms with E-state index in [1.54, 1.807) is 37.3 Å². The van der Waals surface area contributed by atoms with Crippen LogP contribution in [-0.4, -0.2) is 45.9 Å². The molecule has 8 heteroatoms. The summed E-state index contributed by atoms with van der Waals surface area (Å²) in [6.45, 7) is 1.15. The molecule has 8 nitrogen and oxygen atoms in total. The topological polar surface area (TPSA) is 116 Å². The van der Waals surface area contributed by atoms with E-state index in [1.165, 1.54) is 0 Å². The van der Waals surface area contributed by atoms with Crippen molar-refractivity contribution in [3.05, 3.63) is 35.9 Å². The SMILES string of the molecule is CC1(C2CC2)NC(=O)N(CC(=O)N[C@H](C(=O)O)c2ccccc2)C1=O. The van der Waals surface area contributed by atoms with Gasteiger partial charge in [0.25, 0.3) is 5.91 Å². The lowest BCUT2D eigenvalue weighted by Gasteiger charge is -2.21. The molecule has 4 amide bonds. The monoisotopic (exact) mass is 345 g/mol. The van der Waals surface area contributed by atoms with Gasteiger partial charge in [-0.2, -0.15) is 0 Å². The number of nitrogens with zero attached hydrogens (tertiary/aromatic N) is 1. The summed E-state index contributed by atoms with van der Waals surface area (Å²) in [7, 11) is 0. The molecule has 0 radical (unpaired) electrons. The summed E-state index contributed by atoms with van der Waals surface area (Å²) in [6, 6.07) is 6.35. The van der Waals surface area contributed by atoms with Gasteiger partial charge in [0, 0.05) is 0 Å². The first-order valence-corrected chi connectivity index (χ1v) is 8.04. The molecular formula is C17H19N3O5. The van der Waals surface area contributed by atoms with Crippen LogP contribution in [0.1, 0.15) is 31.4 Å². The molecule has 2 aliphatic rings. The summed E-state index contributed by atoms with van der Waals surface area (Å²) in [4.78, 5) is 49.0. The molecule has 1 aromatic carbocycles. The Hall–Kier alpha value is -2.90. The second-order valence-corrected chi connectivity index (χ2v) is 6.55. The van der Waals surface area contributed by atoms with Gasteiger partial charge in [-0.1, -0.05) is 30.3 Å². The third kappa shape index (κ3) is 3.19. The second kappa shape index (κ2) is 6.19. The Balaban J connectivity index is 1.68. The molecule has 1 saturated heterocycles. The first-order chi connectivity index (χ1) is 11.8. The van der Waals surface area contributed by atoms with Gasteiger partial charge in [-0.05, 0) is 31.2 Å². The van der Waals surface area contributed by atoms with Crippen molar-refractivity contribution in [3.63, 3.8) is 0 Å². The second-order valence-electron chi connectivity index (χ2n) is 6.55. The fourth-order valence-electron chi connectivity index (χ4n) is 3.08. The number of carboxylic acids is 1. The Morgan fingerprint density at radius 3 is 2.52 bits per heavy atom. The lowest BCUT2D eigenvalue weighted by Crippen LogP contribution is -2.47. The Kier molecular flexibility index (Phi) is 4.20. The van der Waals surface area contributed by atoms with Crippen molar-refractivity contribution in [2.45, 2.75) is 31.3 Å². The van der Waals surface area contributed by atoms with Crippen LogP contribution in [0.25, 0.3) is 0 Å². The van der Waals surface area contributed by atoms with E-state index in [-0.39, 0.29) is 5.92 Å². The minimum absolute atomic E-state index is 0.0908. The van der Waals surface area contributed by atoms with Crippen LogP contribution < -0.4 is 10.6 Å². The Labute approximate surface area is 144 Å². The zero-order chi connectivity index (χ0) is 18.2. The van der Waals surface area contributed by atoms with Crippen molar-refractivity contribution in [2.75, 3.05) is 6.54 Å². The van der Waals surface area contributed by atoms with Gasteiger partial charge < -0.3 is 15.7 Å². The molecule has 1 aliphatic carbocycles. The van der Waals surface area contributed by atoms with Crippen molar-refractivity contribution in [1.82, 2.24) is 15.5 Å². The van der Waals surface area contributed by atoms with E-state index in [9.17, 15) is 24.3 Å².